The van der Waals surface area contributed by atoms with Crippen molar-refractivity contribution >= 4 is 27.3 Å². The number of hydrogen-bond acceptors (Lipinski definition) is 5. The molecule has 3 aromatic rings. The molecule has 0 radical (unpaired) electrons. The van der Waals surface area contributed by atoms with E-state index in [0.717, 1.165) is 6.07 Å². The van der Waals surface area contributed by atoms with E-state index < -0.39 is 27.1 Å². The number of alkyl halides is 3. The number of amides is 1. The Bertz CT molecular complexity index is 1140. The molecule has 0 saturated carbocycles. The standard InChI is InChI=1S/C17H14F3N5O3S/c1-11-21-8-9-25(11)15-7-6-12(10-22-15)23-16(26)13-4-2-3-5-14(13)24-29(27,28)17(18,19)20/h2-10,24H,1H3,(H,23,26). The number of benzene rings is 1. The Balaban J connectivity index is 1.81. The number of nitrogens with zero attached hydrogens (tertiary/aromatic N) is 3. The summed E-state index contributed by atoms with van der Waals surface area (Å²) in [4.78, 5) is 20.7. The number of anilines is 2. The molecule has 2 heterocycles. The van der Waals surface area contributed by atoms with Crippen molar-refractivity contribution < 1.29 is 26.4 Å². The molecule has 2 aromatic heterocycles. The van der Waals surface area contributed by atoms with Crippen molar-refractivity contribution in [1.82, 2.24) is 14.5 Å². The van der Waals surface area contributed by atoms with Gasteiger partial charge in [-0.25, -0.2) is 9.97 Å². The van der Waals surface area contributed by atoms with E-state index in [0.29, 0.717) is 11.6 Å². The molecule has 152 valence electrons. The molecular weight excluding hydrogens is 411 g/mol. The van der Waals surface area contributed by atoms with Gasteiger partial charge in [-0.15, -0.1) is 0 Å². The van der Waals surface area contributed by atoms with E-state index in [1.165, 1.54) is 29.1 Å². The third-order valence-corrected chi connectivity index (χ3v) is 4.90. The number of nitrogens with one attached hydrogen (secondary N) is 2. The fourth-order valence-electron chi connectivity index (χ4n) is 2.39. The molecule has 0 saturated heterocycles. The highest BCUT2D eigenvalue weighted by atomic mass is 32.2. The highest BCUT2D eigenvalue weighted by Gasteiger charge is 2.46. The van der Waals surface area contributed by atoms with E-state index in [1.807, 2.05) is 0 Å². The molecule has 12 heteroatoms. The Morgan fingerprint density at radius 3 is 2.41 bits per heavy atom. The molecule has 0 aliphatic rings. The lowest BCUT2D eigenvalue weighted by Crippen LogP contribution is -2.30. The van der Waals surface area contributed by atoms with Crippen molar-refractivity contribution in [2.75, 3.05) is 10.0 Å². The van der Waals surface area contributed by atoms with E-state index in [2.05, 4.69) is 15.3 Å². The van der Waals surface area contributed by atoms with Gasteiger partial charge in [0, 0.05) is 12.4 Å². The van der Waals surface area contributed by atoms with E-state index in [-0.39, 0.29) is 11.3 Å². The van der Waals surface area contributed by atoms with Gasteiger partial charge < -0.3 is 5.32 Å². The van der Waals surface area contributed by atoms with Gasteiger partial charge in [0.1, 0.15) is 11.6 Å². The first kappa shape index (κ1) is 20.3. The molecule has 0 aliphatic carbocycles. The predicted octanol–water partition coefficient (Wildman–Crippen LogP) is 3.09. The van der Waals surface area contributed by atoms with Crippen molar-refractivity contribution in [3.05, 3.63) is 66.4 Å². The number of rotatable bonds is 5. The van der Waals surface area contributed by atoms with Crippen molar-refractivity contribution in [3.8, 4) is 5.82 Å². The van der Waals surface area contributed by atoms with Crippen LogP contribution in [0.15, 0.2) is 55.0 Å². The summed E-state index contributed by atoms with van der Waals surface area (Å²) in [6.07, 6.45) is 4.67. The highest BCUT2D eigenvalue weighted by Crippen LogP contribution is 2.27. The minimum Gasteiger partial charge on any atom is -0.321 e. The average molecular weight is 425 g/mol. The Morgan fingerprint density at radius 2 is 1.83 bits per heavy atom. The second kappa shape index (κ2) is 7.54. The summed E-state index contributed by atoms with van der Waals surface area (Å²) in [5, 5.41) is 2.47. The smallest absolute Gasteiger partial charge is 0.321 e. The molecule has 3 rings (SSSR count). The van der Waals surface area contributed by atoms with Crippen LogP contribution in [0.4, 0.5) is 24.5 Å². The van der Waals surface area contributed by atoms with Gasteiger partial charge in [-0.3, -0.25) is 14.1 Å². The molecule has 8 nitrogen and oxygen atoms in total. The van der Waals surface area contributed by atoms with Crippen molar-refractivity contribution in [2.24, 2.45) is 0 Å². The molecule has 0 atom stereocenters. The molecule has 0 unspecified atom stereocenters. The second-order valence-electron chi connectivity index (χ2n) is 5.80. The molecule has 2 N–H and O–H groups in total. The number of para-hydroxylation sites is 1. The summed E-state index contributed by atoms with van der Waals surface area (Å²) in [5.74, 6) is 0.454. The van der Waals surface area contributed by atoms with Crippen LogP contribution in [-0.4, -0.2) is 34.4 Å². The quantitative estimate of drug-likeness (QED) is 0.654. The Hall–Kier alpha value is -3.41. The van der Waals surface area contributed by atoms with Gasteiger partial charge in [0.15, 0.2) is 0 Å². The summed E-state index contributed by atoms with van der Waals surface area (Å²) in [5.41, 5.74) is -6.03. The van der Waals surface area contributed by atoms with Crippen molar-refractivity contribution in [3.63, 3.8) is 0 Å². The van der Waals surface area contributed by atoms with Crippen molar-refractivity contribution in [2.45, 2.75) is 12.4 Å². The van der Waals surface area contributed by atoms with Crippen LogP contribution in [0.25, 0.3) is 5.82 Å². The predicted molar refractivity (Wildman–Crippen MR) is 99.1 cm³/mol. The van der Waals surface area contributed by atoms with Crippen LogP contribution in [0.5, 0.6) is 0 Å². The minimum absolute atomic E-state index is 0.269. The molecule has 29 heavy (non-hydrogen) atoms. The van der Waals surface area contributed by atoms with Crippen LogP contribution in [0.1, 0.15) is 16.2 Å². The molecule has 1 amide bonds. The maximum Gasteiger partial charge on any atom is 0.516 e. The number of aromatic nitrogens is 3. The lowest BCUT2D eigenvalue weighted by Gasteiger charge is -2.14. The van der Waals surface area contributed by atoms with Crippen LogP contribution in [0.3, 0.4) is 0 Å². The third kappa shape index (κ3) is 4.37. The fourth-order valence-corrected chi connectivity index (χ4v) is 2.98. The maximum atomic E-state index is 12.6. The zero-order chi connectivity index (χ0) is 21.2. The van der Waals surface area contributed by atoms with Gasteiger partial charge in [-0.05, 0) is 31.2 Å². The van der Waals surface area contributed by atoms with Crippen molar-refractivity contribution in [1.29, 1.82) is 0 Å². The van der Waals surface area contributed by atoms with E-state index in [1.54, 1.807) is 36.0 Å². The van der Waals surface area contributed by atoms with E-state index in [9.17, 15) is 26.4 Å². The summed E-state index contributed by atoms with van der Waals surface area (Å²) in [6.45, 7) is 1.79. The van der Waals surface area contributed by atoms with E-state index >= 15 is 0 Å². The Kier molecular flexibility index (Phi) is 5.29. The van der Waals surface area contributed by atoms with Gasteiger partial charge in [0.2, 0.25) is 0 Å². The Labute approximate surface area is 163 Å². The molecule has 0 fully saturated rings. The second-order valence-corrected chi connectivity index (χ2v) is 7.47. The zero-order valence-corrected chi connectivity index (χ0v) is 15.6. The summed E-state index contributed by atoms with van der Waals surface area (Å²) < 4.78 is 63.6. The molecule has 0 aliphatic heterocycles. The summed E-state index contributed by atoms with van der Waals surface area (Å²) in [7, 11) is -5.67. The first-order chi connectivity index (χ1) is 13.6. The first-order valence-electron chi connectivity index (χ1n) is 8.04. The number of pyridine rings is 1. The lowest BCUT2D eigenvalue weighted by atomic mass is 10.1. The number of carbonyl (C=O) groups excluding carboxylic acids is 1. The van der Waals surface area contributed by atoms with Gasteiger partial charge in [0.25, 0.3) is 5.91 Å². The topological polar surface area (TPSA) is 106 Å². The summed E-state index contributed by atoms with van der Waals surface area (Å²) in [6, 6.07) is 8.10. The first-order valence-corrected chi connectivity index (χ1v) is 9.52. The van der Waals surface area contributed by atoms with Crippen LogP contribution in [-0.2, 0) is 10.0 Å². The number of imidazole rings is 1. The molecule has 0 bridgehead atoms. The SMILES string of the molecule is Cc1nccn1-c1ccc(NC(=O)c2ccccc2NS(=O)(=O)C(F)(F)F)cn1. The highest BCUT2D eigenvalue weighted by molar-refractivity contribution is 7.93. The number of carbonyl (C=O) groups is 1. The van der Waals surface area contributed by atoms with Gasteiger partial charge >= 0.3 is 15.5 Å². The van der Waals surface area contributed by atoms with Crippen LogP contribution in [0, 0.1) is 6.92 Å². The Morgan fingerprint density at radius 1 is 1.10 bits per heavy atom. The molecular formula is C17H14F3N5O3S. The lowest BCUT2D eigenvalue weighted by molar-refractivity contribution is -0.0429. The van der Waals surface area contributed by atoms with Gasteiger partial charge in [-0.2, -0.15) is 21.6 Å². The van der Waals surface area contributed by atoms with Gasteiger partial charge in [0.05, 0.1) is 23.1 Å². The molecule has 1 aromatic carbocycles. The monoisotopic (exact) mass is 425 g/mol. The van der Waals surface area contributed by atoms with Crippen LogP contribution < -0.4 is 10.0 Å². The van der Waals surface area contributed by atoms with Crippen LogP contribution >= 0.6 is 0 Å². The normalized spacial score (nSPS) is 11.9. The number of halogens is 3. The largest absolute Gasteiger partial charge is 0.516 e. The number of aryl methyl sites for hydroxylation is 1. The average Bonchev–Trinajstić information content (AvgIpc) is 3.07. The summed E-state index contributed by atoms with van der Waals surface area (Å²) >= 11 is 0. The third-order valence-electron chi connectivity index (χ3n) is 3.80. The zero-order valence-electron chi connectivity index (χ0n) is 14.8. The molecule has 0 spiro atoms. The van der Waals surface area contributed by atoms with Gasteiger partial charge in [-0.1, -0.05) is 12.1 Å². The number of sulfonamides is 1. The van der Waals surface area contributed by atoms with E-state index in [4.69, 9.17) is 0 Å². The maximum absolute atomic E-state index is 12.6. The van der Waals surface area contributed by atoms with Crippen LogP contribution in [0.2, 0.25) is 0 Å². The number of hydrogen-bond donors (Lipinski definition) is 2. The fraction of sp³-hybridized carbons (Fsp3) is 0.118. The minimum atomic E-state index is -5.67.